The maximum Gasteiger partial charge on any atom is 0.146 e. The number of phenolic OH excluding ortho intramolecular Hbond substituents is 1. The Morgan fingerprint density at radius 1 is 1.30 bits per heavy atom. The lowest BCUT2D eigenvalue weighted by Gasteiger charge is -2.36. The molecule has 2 aromatic carbocycles. The molecule has 120 valence electrons. The second-order valence-corrected chi connectivity index (χ2v) is 5.64. The number of anilines is 1. The van der Waals surface area contributed by atoms with Crippen LogP contribution < -0.4 is 14.4 Å². The smallest absolute Gasteiger partial charge is 0.146 e. The summed E-state index contributed by atoms with van der Waals surface area (Å²) in [5.74, 6) is 1.78. The third kappa shape index (κ3) is 3.42. The van der Waals surface area contributed by atoms with E-state index >= 15 is 0 Å². The lowest BCUT2D eigenvalue weighted by atomic mass is 10.0. The van der Waals surface area contributed by atoms with E-state index in [1.54, 1.807) is 19.2 Å². The van der Waals surface area contributed by atoms with Gasteiger partial charge < -0.3 is 19.5 Å². The third-order valence-corrected chi connectivity index (χ3v) is 3.97. The predicted octanol–water partition coefficient (Wildman–Crippen LogP) is 3.40. The van der Waals surface area contributed by atoms with Crippen molar-refractivity contribution in [2.24, 2.45) is 0 Å². The summed E-state index contributed by atoms with van der Waals surface area (Å²) in [6.07, 6.45) is 2.71. The Hall–Kier alpha value is -2.62. The van der Waals surface area contributed by atoms with Crippen molar-refractivity contribution in [3.05, 3.63) is 60.7 Å². The molecule has 0 radical (unpaired) electrons. The highest BCUT2D eigenvalue weighted by atomic mass is 16.5. The summed E-state index contributed by atoms with van der Waals surface area (Å²) in [5, 5.41) is 9.71. The minimum absolute atomic E-state index is 0.0256. The van der Waals surface area contributed by atoms with E-state index in [0.717, 1.165) is 36.7 Å². The number of rotatable bonds is 5. The lowest BCUT2D eigenvalue weighted by molar-refractivity contribution is 0.194. The second-order valence-electron chi connectivity index (χ2n) is 5.64. The van der Waals surface area contributed by atoms with E-state index in [1.165, 1.54) is 5.56 Å². The molecule has 0 bridgehead atoms. The van der Waals surface area contributed by atoms with Gasteiger partial charge in [-0.1, -0.05) is 18.2 Å². The van der Waals surface area contributed by atoms with Crippen LogP contribution >= 0.6 is 0 Å². The van der Waals surface area contributed by atoms with Crippen LogP contribution in [0, 0.1) is 0 Å². The first-order valence-electron chi connectivity index (χ1n) is 7.68. The van der Waals surface area contributed by atoms with E-state index in [0.29, 0.717) is 0 Å². The van der Waals surface area contributed by atoms with Crippen LogP contribution in [0.3, 0.4) is 0 Å². The predicted molar refractivity (Wildman–Crippen MR) is 91.6 cm³/mol. The molecule has 1 aliphatic heterocycles. The van der Waals surface area contributed by atoms with Gasteiger partial charge in [-0.25, -0.2) is 0 Å². The Morgan fingerprint density at radius 3 is 2.78 bits per heavy atom. The first-order valence-corrected chi connectivity index (χ1v) is 7.68. The Bertz CT molecular complexity index is 682. The molecule has 2 aromatic rings. The number of phenols is 1. The largest absolute Gasteiger partial charge is 0.508 e. The summed E-state index contributed by atoms with van der Waals surface area (Å²) in [4.78, 5) is 2.22. The number of methoxy groups -OCH3 is 1. The SMILES string of the molecule is C=CCN1CC(Cc2ccc(OC)cc2)Oc2cc(O)ccc21. The Labute approximate surface area is 136 Å². The van der Waals surface area contributed by atoms with Gasteiger partial charge in [-0.2, -0.15) is 0 Å². The highest BCUT2D eigenvalue weighted by Crippen LogP contribution is 2.36. The molecule has 0 saturated heterocycles. The molecular formula is C19H21NO3. The van der Waals surface area contributed by atoms with Crippen LogP contribution in [-0.4, -0.2) is 31.4 Å². The van der Waals surface area contributed by atoms with Gasteiger partial charge in [0.15, 0.2) is 0 Å². The van der Waals surface area contributed by atoms with Crippen LogP contribution in [0.1, 0.15) is 5.56 Å². The van der Waals surface area contributed by atoms with E-state index in [1.807, 2.05) is 24.3 Å². The van der Waals surface area contributed by atoms with Gasteiger partial charge in [0, 0.05) is 19.0 Å². The van der Waals surface area contributed by atoms with Crippen LogP contribution in [0.25, 0.3) is 0 Å². The molecule has 4 nitrogen and oxygen atoms in total. The first kappa shape index (κ1) is 15.3. The van der Waals surface area contributed by atoms with Crippen molar-refractivity contribution in [3.8, 4) is 17.2 Å². The van der Waals surface area contributed by atoms with Gasteiger partial charge in [0.2, 0.25) is 0 Å². The van der Waals surface area contributed by atoms with Crippen LogP contribution in [0.4, 0.5) is 5.69 Å². The van der Waals surface area contributed by atoms with Crippen LogP contribution in [0.2, 0.25) is 0 Å². The number of benzene rings is 2. The molecule has 0 spiro atoms. The number of hydrogen-bond acceptors (Lipinski definition) is 4. The van der Waals surface area contributed by atoms with Gasteiger partial charge in [0.05, 0.1) is 19.3 Å². The van der Waals surface area contributed by atoms with Gasteiger partial charge in [-0.3, -0.25) is 0 Å². The first-order chi connectivity index (χ1) is 11.2. The summed E-state index contributed by atoms with van der Waals surface area (Å²) in [6, 6.07) is 13.3. The molecular weight excluding hydrogens is 290 g/mol. The van der Waals surface area contributed by atoms with Gasteiger partial charge in [0.1, 0.15) is 23.4 Å². The zero-order valence-electron chi connectivity index (χ0n) is 13.2. The third-order valence-electron chi connectivity index (χ3n) is 3.97. The number of hydrogen-bond donors (Lipinski definition) is 1. The van der Waals surface area contributed by atoms with Crippen LogP contribution in [0.5, 0.6) is 17.2 Å². The van der Waals surface area contributed by atoms with Crippen molar-refractivity contribution in [2.45, 2.75) is 12.5 Å². The van der Waals surface area contributed by atoms with Gasteiger partial charge in [-0.05, 0) is 29.8 Å². The number of aromatic hydroxyl groups is 1. The fraction of sp³-hybridized carbons (Fsp3) is 0.263. The molecule has 1 atom stereocenters. The minimum Gasteiger partial charge on any atom is -0.508 e. The molecule has 1 aliphatic rings. The minimum atomic E-state index is 0.0256. The fourth-order valence-electron chi connectivity index (χ4n) is 2.88. The maximum atomic E-state index is 9.71. The van der Waals surface area contributed by atoms with Gasteiger partial charge >= 0.3 is 0 Å². The molecule has 1 unspecified atom stereocenters. The van der Waals surface area contributed by atoms with Crippen molar-refractivity contribution >= 4 is 5.69 Å². The summed E-state index contributed by atoms with van der Waals surface area (Å²) in [6.45, 7) is 5.37. The summed E-state index contributed by atoms with van der Waals surface area (Å²) < 4.78 is 11.3. The zero-order valence-corrected chi connectivity index (χ0v) is 13.2. The topological polar surface area (TPSA) is 41.9 Å². The summed E-state index contributed by atoms with van der Waals surface area (Å²) >= 11 is 0. The summed E-state index contributed by atoms with van der Waals surface area (Å²) in [5.41, 5.74) is 2.19. The van der Waals surface area contributed by atoms with Crippen molar-refractivity contribution in [2.75, 3.05) is 25.1 Å². The fourth-order valence-corrected chi connectivity index (χ4v) is 2.88. The van der Waals surface area contributed by atoms with Crippen molar-refractivity contribution in [1.29, 1.82) is 0 Å². The summed E-state index contributed by atoms with van der Waals surface area (Å²) in [7, 11) is 1.66. The van der Waals surface area contributed by atoms with Gasteiger partial charge in [-0.15, -0.1) is 6.58 Å². The molecule has 3 rings (SSSR count). The van der Waals surface area contributed by atoms with Crippen molar-refractivity contribution in [3.63, 3.8) is 0 Å². The molecule has 0 aromatic heterocycles. The molecule has 0 aliphatic carbocycles. The molecule has 0 saturated carbocycles. The molecule has 4 heteroatoms. The Morgan fingerprint density at radius 2 is 2.09 bits per heavy atom. The number of fused-ring (bicyclic) bond motifs is 1. The highest BCUT2D eigenvalue weighted by Gasteiger charge is 2.25. The van der Waals surface area contributed by atoms with E-state index in [9.17, 15) is 5.11 Å². The Balaban J connectivity index is 1.79. The second kappa shape index (κ2) is 6.65. The van der Waals surface area contributed by atoms with Gasteiger partial charge in [0.25, 0.3) is 0 Å². The average Bonchev–Trinajstić information content (AvgIpc) is 2.55. The highest BCUT2D eigenvalue weighted by molar-refractivity contribution is 5.62. The van der Waals surface area contributed by atoms with E-state index in [4.69, 9.17) is 9.47 Å². The van der Waals surface area contributed by atoms with Crippen LogP contribution in [0.15, 0.2) is 55.1 Å². The molecule has 1 N–H and O–H groups in total. The Kier molecular flexibility index (Phi) is 4.42. The normalized spacial score (nSPS) is 16.4. The zero-order chi connectivity index (χ0) is 16.2. The van der Waals surface area contributed by atoms with Crippen LogP contribution in [-0.2, 0) is 6.42 Å². The molecule has 0 amide bonds. The number of nitrogens with zero attached hydrogens (tertiary/aromatic N) is 1. The molecule has 23 heavy (non-hydrogen) atoms. The number of ether oxygens (including phenoxy) is 2. The van der Waals surface area contributed by atoms with E-state index in [2.05, 4.69) is 23.6 Å². The maximum absolute atomic E-state index is 9.71. The van der Waals surface area contributed by atoms with E-state index in [-0.39, 0.29) is 11.9 Å². The van der Waals surface area contributed by atoms with E-state index < -0.39 is 0 Å². The quantitative estimate of drug-likeness (QED) is 0.859. The monoisotopic (exact) mass is 311 g/mol. The van der Waals surface area contributed by atoms with Crippen molar-refractivity contribution < 1.29 is 14.6 Å². The van der Waals surface area contributed by atoms with Crippen molar-refractivity contribution in [1.82, 2.24) is 0 Å². The molecule has 0 fully saturated rings. The molecule has 1 heterocycles. The average molecular weight is 311 g/mol. The standard InChI is InChI=1S/C19H21NO3/c1-3-10-20-13-17(11-14-4-7-16(22-2)8-5-14)23-19-12-15(21)6-9-18(19)20/h3-9,12,17,21H,1,10-11,13H2,2H3. The lowest BCUT2D eigenvalue weighted by Crippen LogP contribution is -2.41.